The van der Waals surface area contributed by atoms with Crippen molar-refractivity contribution in [2.75, 3.05) is 21.3 Å². The number of hydrogen-bond donors (Lipinski definition) is 2. The fourth-order valence-corrected chi connectivity index (χ4v) is 1.53. The van der Waals surface area contributed by atoms with E-state index in [4.69, 9.17) is 25.2 Å². The Morgan fingerprint density at radius 3 is 2.29 bits per heavy atom. The molecule has 0 aliphatic rings. The summed E-state index contributed by atoms with van der Waals surface area (Å²) in [6, 6.07) is 3.51. The van der Waals surface area contributed by atoms with Gasteiger partial charge in [-0.1, -0.05) is 11.2 Å². The van der Waals surface area contributed by atoms with Gasteiger partial charge in [-0.15, -0.1) is 0 Å². The Labute approximate surface area is 99.6 Å². The third kappa shape index (κ3) is 2.72. The monoisotopic (exact) mass is 240 g/mol. The molecule has 0 aromatic heterocycles. The van der Waals surface area contributed by atoms with Crippen LogP contribution in [0.15, 0.2) is 17.3 Å². The molecule has 0 heterocycles. The maximum atomic E-state index is 8.55. The summed E-state index contributed by atoms with van der Waals surface area (Å²) in [4.78, 5) is 0. The smallest absolute Gasteiger partial charge is 0.203 e. The lowest BCUT2D eigenvalue weighted by Crippen LogP contribution is -2.15. The van der Waals surface area contributed by atoms with Crippen LogP contribution in [-0.4, -0.2) is 32.4 Å². The molecule has 0 spiro atoms. The molecule has 1 aromatic carbocycles. The summed E-state index contributed by atoms with van der Waals surface area (Å²) < 4.78 is 15.6. The zero-order valence-electron chi connectivity index (χ0n) is 10.1. The summed E-state index contributed by atoms with van der Waals surface area (Å²) in [5, 5.41) is 11.5. The average Bonchev–Trinajstić information content (AvgIpc) is 2.37. The van der Waals surface area contributed by atoms with Crippen molar-refractivity contribution in [1.29, 1.82) is 0 Å². The van der Waals surface area contributed by atoms with Gasteiger partial charge >= 0.3 is 0 Å². The summed E-state index contributed by atoms with van der Waals surface area (Å²) in [6.07, 6.45) is 0.264. The minimum absolute atomic E-state index is 0.0931. The van der Waals surface area contributed by atoms with Crippen LogP contribution in [0.3, 0.4) is 0 Å². The number of nitrogens with two attached hydrogens (primary N) is 1. The van der Waals surface area contributed by atoms with Crippen LogP contribution >= 0.6 is 0 Å². The summed E-state index contributed by atoms with van der Waals surface area (Å²) in [6.45, 7) is 0. The number of hydrogen-bond acceptors (Lipinski definition) is 5. The van der Waals surface area contributed by atoms with Crippen LogP contribution in [0.25, 0.3) is 0 Å². The molecular weight excluding hydrogens is 224 g/mol. The Morgan fingerprint density at radius 1 is 1.18 bits per heavy atom. The van der Waals surface area contributed by atoms with Crippen LogP contribution in [0.2, 0.25) is 0 Å². The maximum Gasteiger partial charge on any atom is 0.203 e. The minimum atomic E-state index is 0.0931. The van der Waals surface area contributed by atoms with Crippen LogP contribution in [-0.2, 0) is 6.42 Å². The molecule has 94 valence electrons. The molecule has 6 nitrogen and oxygen atoms in total. The highest BCUT2D eigenvalue weighted by atomic mass is 16.5. The van der Waals surface area contributed by atoms with Gasteiger partial charge in [0, 0.05) is 12.0 Å². The van der Waals surface area contributed by atoms with Crippen LogP contribution in [0.5, 0.6) is 17.2 Å². The molecule has 0 aliphatic heterocycles. The van der Waals surface area contributed by atoms with E-state index in [1.165, 1.54) is 14.2 Å². The fraction of sp³-hybridized carbons (Fsp3) is 0.364. The van der Waals surface area contributed by atoms with Crippen molar-refractivity contribution < 1.29 is 19.4 Å². The molecule has 0 saturated carbocycles. The Balaban J connectivity index is 3.23. The van der Waals surface area contributed by atoms with E-state index in [2.05, 4.69) is 5.16 Å². The Bertz CT molecular complexity index is 418. The molecule has 1 rings (SSSR count). The van der Waals surface area contributed by atoms with Gasteiger partial charge in [0.1, 0.15) is 5.84 Å². The standard InChI is InChI=1S/C11H16N2O4/c1-15-8-5-4-7(6-9(12)13-14)10(16-2)11(8)17-3/h4-5,14H,6H2,1-3H3,(H2,12,13). The Hall–Kier alpha value is -2.11. The number of amidine groups is 1. The average molecular weight is 240 g/mol. The highest BCUT2D eigenvalue weighted by molar-refractivity contribution is 5.83. The van der Waals surface area contributed by atoms with Gasteiger partial charge < -0.3 is 25.2 Å². The van der Waals surface area contributed by atoms with Crippen molar-refractivity contribution in [3.05, 3.63) is 17.7 Å². The van der Waals surface area contributed by atoms with Gasteiger partial charge in [-0.05, 0) is 6.07 Å². The van der Waals surface area contributed by atoms with Gasteiger partial charge in [-0.2, -0.15) is 0 Å². The van der Waals surface area contributed by atoms with Crippen molar-refractivity contribution in [1.82, 2.24) is 0 Å². The molecule has 0 fully saturated rings. The highest BCUT2D eigenvalue weighted by Crippen LogP contribution is 2.39. The fourth-order valence-electron chi connectivity index (χ4n) is 1.53. The van der Waals surface area contributed by atoms with Crippen LogP contribution < -0.4 is 19.9 Å². The van der Waals surface area contributed by atoms with E-state index in [-0.39, 0.29) is 12.3 Å². The summed E-state index contributed by atoms with van der Waals surface area (Å²) in [5.41, 5.74) is 6.21. The van der Waals surface area contributed by atoms with Crippen molar-refractivity contribution in [2.45, 2.75) is 6.42 Å². The molecular formula is C11H16N2O4. The highest BCUT2D eigenvalue weighted by Gasteiger charge is 2.16. The maximum absolute atomic E-state index is 8.55. The van der Waals surface area contributed by atoms with Gasteiger partial charge in [0.15, 0.2) is 11.5 Å². The van der Waals surface area contributed by atoms with Gasteiger partial charge in [-0.3, -0.25) is 0 Å². The molecule has 0 amide bonds. The largest absolute Gasteiger partial charge is 0.493 e. The first kappa shape index (κ1) is 13.0. The quantitative estimate of drug-likeness (QED) is 0.347. The number of methoxy groups -OCH3 is 3. The van der Waals surface area contributed by atoms with E-state index in [0.29, 0.717) is 17.2 Å². The number of nitrogens with zero attached hydrogens (tertiary/aromatic N) is 1. The van der Waals surface area contributed by atoms with Crippen molar-refractivity contribution in [3.63, 3.8) is 0 Å². The van der Waals surface area contributed by atoms with E-state index in [9.17, 15) is 0 Å². The number of rotatable bonds is 5. The lowest BCUT2D eigenvalue weighted by Gasteiger charge is -2.15. The molecule has 6 heteroatoms. The molecule has 1 aromatic rings. The molecule has 17 heavy (non-hydrogen) atoms. The van der Waals surface area contributed by atoms with Gasteiger partial charge in [0.05, 0.1) is 21.3 Å². The second-order valence-electron chi connectivity index (χ2n) is 3.26. The predicted octanol–water partition coefficient (Wildman–Crippen LogP) is 1.00. The molecule has 0 unspecified atom stereocenters. The van der Waals surface area contributed by atoms with Crippen molar-refractivity contribution in [3.8, 4) is 17.2 Å². The van der Waals surface area contributed by atoms with Crippen LogP contribution in [0.1, 0.15) is 5.56 Å². The van der Waals surface area contributed by atoms with Crippen molar-refractivity contribution in [2.24, 2.45) is 10.9 Å². The molecule has 0 bridgehead atoms. The lowest BCUT2D eigenvalue weighted by atomic mass is 10.1. The van der Waals surface area contributed by atoms with Gasteiger partial charge in [0.25, 0.3) is 0 Å². The molecule has 3 N–H and O–H groups in total. The van der Waals surface area contributed by atoms with Gasteiger partial charge in [-0.25, -0.2) is 0 Å². The number of oxime groups is 1. The predicted molar refractivity (Wildman–Crippen MR) is 63.2 cm³/mol. The Kier molecular flexibility index (Phi) is 4.45. The molecule has 0 atom stereocenters. The number of ether oxygens (including phenoxy) is 3. The van der Waals surface area contributed by atoms with Gasteiger partial charge in [0.2, 0.25) is 5.75 Å². The second kappa shape index (κ2) is 5.83. The normalized spacial score (nSPS) is 11.1. The number of benzene rings is 1. The third-order valence-corrected chi connectivity index (χ3v) is 2.29. The first-order chi connectivity index (χ1) is 8.17. The second-order valence-corrected chi connectivity index (χ2v) is 3.26. The zero-order chi connectivity index (χ0) is 12.8. The van der Waals surface area contributed by atoms with E-state index >= 15 is 0 Å². The van der Waals surface area contributed by atoms with Crippen LogP contribution in [0.4, 0.5) is 0 Å². The summed E-state index contributed by atoms with van der Waals surface area (Å²) >= 11 is 0. The van der Waals surface area contributed by atoms with E-state index in [0.717, 1.165) is 5.56 Å². The van der Waals surface area contributed by atoms with Crippen LogP contribution in [0, 0.1) is 0 Å². The van der Waals surface area contributed by atoms with E-state index in [1.54, 1.807) is 19.2 Å². The lowest BCUT2D eigenvalue weighted by molar-refractivity contribution is 0.316. The zero-order valence-corrected chi connectivity index (χ0v) is 10.1. The first-order valence-corrected chi connectivity index (χ1v) is 4.92. The van der Waals surface area contributed by atoms with E-state index in [1.807, 2.05) is 0 Å². The summed E-state index contributed by atoms with van der Waals surface area (Å²) in [7, 11) is 4.58. The SMILES string of the molecule is COc1ccc(CC(N)=NO)c(OC)c1OC. The molecule has 0 radical (unpaired) electrons. The Morgan fingerprint density at radius 2 is 1.82 bits per heavy atom. The summed E-state index contributed by atoms with van der Waals surface area (Å²) in [5.74, 6) is 1.65. The molecule has 0 saturated heterocycles. The third-order valence-electron chi connectivity index (χ3n) is 2.29. The first-order valence-electron chi connectivity index (χ1n) is 4.92. The van der Waals surface area contributed by atoms with Crippen molar-refractivity contribution >= 4 is 5.84 Å². The topological polar surface area (TPSA) is 86.3 Å². The van der Waals surface area contributed by atoms with E-state index < -0.39 is 0 Å². The molecule has 0 aliphatic carbocycles. The minimum Gasteiger partial charge on any atom is -0.493 e.